The molecule has 1 aromatic carbocycles. The highest BCUT2D eigenvalue weighted by atomic mass is 35.7. The highest BCUT2D eigenvalue weighted by Gasteiger charge is 2.18. The van der Waals surface area contributed by atoms with Gasteiger partial charge in [0.2, 0.25) is 0 Å². The predicted molar refractivity (Wildman–Crippen MR) is 71.5 cm³/mol. The lowest BCUT2D eigenvalue weighted by atomic mass is 10.0. The van der Waals surface area contributed by atoms with Gasteiger partial charge in [0.25, 0.3) is 15.0 Å². The molecule has 4 nitrogen and oxygen atoms in total. The minimum atomic E-state index is -3.81. The van der Waals surface area contributed by atoms with Crippen LogP contribution in [0.2, 0.25) is 0 Å². The number of halogens is 1. The van der Waals surface area contributed by atoms with E-state index in [0.29, 0.717) is 18.5 Å². The summed E-state index contributed by atoms with van der Waals surface area (Å²) >= 11 is 0. The lowest BCUT2D eigenvalue weighted by molar-refractivity contribution is 0.0801. The molecule has 0 spiro atoms. The zero-order valence-electron chi connectivity index (χ0n) is 10.6. The van der Waals surface area contributed by atoms with Crippen LogP contribution in [0.5, 0.6) is 0 Å². The molecule has 100 valence electrons. The van der Waals surface area contributed by atoms with Gasteiger partial charge in [-0.25, -0.2) is 8.42 Å². The van der Waals surface area contributed by atoms with Gasteiger partial charge in [-0.15, -0.1) is 0 Å². The Bertz CT molecular complexity index is 554. The zero-order chi connectivity index (χ0) is 13.9. The van der Waals surface area contributed by atoms with E-state index in [4.69, 9.17) is 10.7 Å². The van der Waals surface area contributed by atoms with Gasteiger partial charge in [0.1, 0.15) is 0 Å². The van der Waals surface area contributed by atoms with Gasteiger partial charge in [-0.1, -0.05) is 13.0 Å². The molecule has 0 N–H and O–H groups in total. The fourth-order valence-electron chi connectivity index (χ4n) is 1.56. The van der Waals surface area contributed by atoms with Crippen LogP contribution in [0.1, 0.15) is 29.8 Å². The van der Waals surface area contributed by atoms with Crippen molar-refractivity contribution in [3.63, 3.8) is 0 Å². The minimum absolute atomic E-state index is 0.0470. The molecule has 0 heterocycles. The zero-order valence-corrected chi connectivity index (χ0v) is 12.2. The molecule has 1 aromatic rings. The molecule has 0 saturated carbocycles. The van der Waals surface area contributed by atoms with Gasteiger partial charge in [-0.2, -0.15) is 0 Å². The maximum atomic E-state index is 12.1. The van der Waals surface area contributed by atoms with Gasteiger partial charge < -0.3 is 4.90 Å². The van der Waals surface area contributed by atoms with Crippen LogP contribution in [-0.2, 0) is 15.5 Å². The number of carbonyl (C=O) groups is 1. The van der Waals surface area contributed by atoms with Crippen LogP contribution in [0, 0.1) is 0 Å². The average Bonchev–Trinajstić information content (AvgIpc) is 2.35. The maximum absolute atomic E-state index is 12.1. The van der Waals surface area contributed by atoms with E-state index in [1.165, 1.54) is 17.0 Å². The standard InChI is InChI=1S/C12H16ClNO3S/c1-4-9-6-7-10(18(13,16)17)8-11(9)12(15)14(3)5-2/h6-8H,4-5H2,1-3H3. The normalized spacial score (nSPS) is 11.3. The Balaban J connectivity index is 3.36. The second-order valence-corrected chi connectivity index (χ2v) is 6.50. The summed E-state index contributed by atoms with van der Waals surface area (Å²) in [6, 6.07) is 4.39. The summed E-state index contributed by atoms with van der Waals surface area (Å²) in [5, 5.41) is 0. The molecule has 0 aliphatic carbocycles. The quantitative estimate of drug-likeness (QED) is 0.799. The molecule has 0 fully saturated rings. The van der Waals surface area contributed by atoms with E-state index in [9.17, 15) is 13.2 Å². The van der Waals surface area contributed by atoms with E-state index in [1.807, 2.05) is 13.8 Å². The van der Waals surface area contributed by atoms with Crippen molar-refractivity contribution in [3.05, 3.63) is 29.3 Å². The Hall–Kier alpha value is -1.07. The van der Waals surface area contributed by atoms with Crippen LogP contribution in [-0.4, -0.2) is 32.8 Å². The summed E-state index contributed by atoms with van der Waals surface area (Å²) < 4.78 is 22.6. The fraction of sp³-hybridized carbons (Fsp3) is 0.417. The van der Waals surface area contributed by atoms with Crippen molar-refractivity contribution in [2.75, 3.05) is 13.6 Å². The predicted octanol–water partition coefficient (Wildman–Crippen LogP) is 2.27. The summed E-state index contributed by atoms with van der Waals surface area (Å²) in [5.41, 5.74) is 1.20. The van der Waals surface area contributed by atoms with Gasteiger partial charge in [0.05, 0.1) is 4.90 Å². The Labute approximate surface area is 112 Å². The van der Waals surface area contributed by atoms with Crippen molar-refractivity contribution in [1.29, 1.82) is 0 Å². The molecule has 0 atom stereocenters. The number of hydrogen-bond acceptors (Lipinski definition) is 3. The summed E-state index contributed by atoms with van der Waals surface area (Å²) in [4.78, 5) is 13.6. The molecule has 1 amide bonds. The van der Waals surface area contributed by atoms with Crippen LogP contribution in [0.4, 0.5) is 0 Å². The topological polar surface area (TPSA) is 54.5 Å². The first-order valence-electron chi connectivity index (χ1n) is 5.64. The molecular formula is C12H16ClNO3S. The molecule has 0 saturated heterocycles. The van der Waals surface area contributed by atoms with Crippen molar-refractivity contribution in [1.82, 2.24) is 4.90 Å². The Morgan fingerprint density at radius 2 is 1.94 bits per heavy atom. The molecule has 18 heavy (non-hydrogen) atoms. The fourth-order valence-corrected chi connectivity index (χ4v) is 2.34. The SMILES string of the molecule is CCc1ccc(S(=O)(=O)Cl)cc1C(=O)N(C)CC. The van der Waals surface area contributed by atoms with E-state index in [0.717, 1.165) is 5.56 Å². The number of amides is 1. The molecular weight excluding hydrogens is 274 g/mol. The van der Waals surface area contributed by atoms with Gasteiger partial charge >= 0.3 is 0 Å². The number of nitrogens with zero attached hydrogens (tertiary/aromatic N) is 1. The lowest BCUT2D eigenvalue weighted by Gasteiger charge is -2.17. The third kappa shape index (κ3) is 3.23. The average molecular weight is 290 g/mol. The van der Waals surface area contributed by atoms with Gasteiger partial charge in [0.15, 0.2) is 0 Å². The molecule has 6 heteroatoms. The van der Waals surface area contributed by atoms with Crippen molar-refractivity contribution in [2.24, 2.45) is 0 Å². The number of rotatable bonds is 4. The van der Waals surface area contributed by atoms with E-state index < -0.39 is 9.05 Å². The van der Waals surface area contributed by atoms with Crippen LogP contribution < -0.4 is 0 Å². The number of aryl methyl sites for hydroxylation is 1. The minimum Gasteiger partial charge on any atom is -0.342 e. The Kier molecular flexibility index (Phi) is 4.76. The van der Waals surface area contributed by atoms with Crippen molar-refractivity contribution < 1.29 is 13.2 Å². The van der Waals surface area contributed by atoms with Crippen LogP contribution in [0.25, 0.3) is 0 Å². The first-order chi connectivity index (χ1) is 8.31. The third-order valence-electron chi connectivity index (χ3n) is 2.80. The van der Waals surface area contributed by atoms with E-state index in [-0.39, 0.29) is 10.8 Å². The Morgan fingerprint density at radius 3 is 2.39 bits per heavy atom. The van der Waals surface area contributed by atoms with E-state index in [1.54, 1.807) is 13.1 Å². The van der Waals surface area contributed by atoms with Crippen LogP contribution >= 0.6 is 10.7 Å². The summed E-state index contributed by atoms with van der Waals surface area (Å²) in [6.07, 6.45) is 0.654. The molecule has 1 rings (SSSR count). The Morgan fingerprint density at radius 1 is 1.33 bits per heavy atom. The van der Waals surface area contributed by atoms with Crippen molar-refractivity contribution in [2.45, 2.75) is 25.2 Å². The van der Waals surface area contributed by atoms with E-state index in [2.05, 4.69) is 0 Å². The highest BCUT2D eigenvalue weighted by Crippen LogP contribution is 2.21. The third-order valence-corrected chi connectivity index (χ3v) is 4.15. The summed E-state index contributed by atoms with van der Waals surface area (Å²) in [5.74, 6) is -0.198. The summed E-state index contributed by atoms with van der Waals surface area (Å²) in [7, 11) is 3.15. The molecule has 0 aromatic heterocycles. The largest absolute Gasteiger partial charge is 0.342 e. The number of carbonyl (C=O) groups excluding carboxylic acids is 1. The van der Waals surface area contributed by atoms with Crippen LogP contribution in [0.3, 0.4) is 0 Å². The molecule has 0 radical (unpaired) electrons. The van der Waals surface area contributed by atoms with Gasteiger partial charge in [-0.05, 0) is 31.0 Å². The second kappa shape index (κ2) is 5.71. The summed E-state index contributed by atoms with van der Waals surface area (Å²) in [6.45, 7) is 4.32. The molecule has 0 unspecified atom stereocenters. The number of benzene rings is 1. The van der Waals surface area contributed by atoms with Gasteiger partial charge in [-0.3, -0.25) is 4.79 Å². The smallest absolute Gasteiger partial charge is 0.261 e. The maximum Gasteiger partial charge on any atom is 0.261 e. The highest BCUT2D eigenvalue weighted by molar-refractivity contribution is 8.13. The van der Waals surface area contributed by atoms with Gasteiger partial charge in [0, 0.05) is 29.8 Å². The van der Waals surface area contributed by atoms with Crippen LogP contribution in [0.15, 0.2) is 23.1 Å². The lowest BCUT2D eigenvalue weighted by Crippen LogP contribution is -2.27. The first kappa shape index (κ1) is 15.0. The van der Waals surface area contributed by atoms with Crippen molar-refractivity contribution >= 4 is 25.6 Å². The monoisotopic (exact) mass is 289 g/mol. The first-order valence-corrected chi connectivity index (χ1v) is 7.95. The molecule has 0 bridgehead atoms. The molecule has 0 aliphatic heterocycles. The number of hydrogen-bond donors (Lipinski definition) is 0. The molecule has 0 aliphatic rings. The van der Waals surface area contributed by atoms with Crippen molar-refractivity contribution in [3.8, 4) is 0 Å². The van der Waals surface area contributed by atoms with E-state index >= 15 is 0 Å². The second-order valence-electron chi connectivity index (χ2n) is 3.93.